The Morgan fingerprint density at radius 1 is 1.31 bits per heavy atom. The minimum absolute atomic E-state index is 0.0369. The lowest BCUT2D eigenvalue weighted by Crippen LogP contribution is -2.35. The molecule has 1 heteroatoms. The van der Waals surface area contributed by atoms with Crippen molar-refractivity contribution in [3.63, 3.8) is 0 Å². The molecule has 0 aromatic heterocycles. The molecule has 1 rings (SSSR count). The molecule has 0 spiro atoms. The van der Waals surface area contributed by atoms with Crippen LogP contribution in [0.2, 0.25) is 0 Å². The van der Waals surface area contributed by atoms with E-state index in [4.69, 9.17) is 0 Å². The molecule has 1 nitrogen and oxygen atoms in total. The highest BCUT2D eigenvalue weighted by Crippen LogP contribution is 2.39. The van der Waals surface area contributed by atoms with Gasteiger partial charge in [0.1, 0.15) is 0 Å². The zero-order valence-electron chi connectivity index (χ0n) is 9.46. The van der Waals surface area contributed by atoms with E-state index >= 15 is 0 Å². The maximum atomic E-state index is 9.71. The highest BCUT2D eigenvalue weighted by atomic mass is 16.3. The van der Waals surface area contributed by atoms with Crippen LogP contribution in [0.3, 0.4) is 0 Å². The summed E-state index contributed by atoms with van der Waals surface area (Å²) in [4.78, 5) is 0. The van der Waals surface area contributed by atoms with E-state index < -0.39 is 0 Å². The molecule has 0 radical (unpaired) electrons. The van der Waals surface area contributed by atoms with Crippen molar-refractivity contribution in [1.29, 1.82) is 0 Å². The fourth-order valence-electron chi connectivity index (χ4n) is 2.74. The third-order valence-electron chi connectivity index (χ3n) is 4.14. The maximum absolute atomic E-state index is 9.71. The van der Waals surface area contributed by atoms with E-state index in [0.717, 1.165) is 30.6 Å². The van der Waals surface area contributed by atoms with Crippen LogP contribution >= 0.6 is 0 Å². The molecule has 0 saturated heterocycles. The third-order valence-corrected chi connectivity index (χ3v) is 4.14. The molecule has 1 aliphatic rings. The second-order valence-electron chi connectivity index (χ2n) is 5.01. The molecular formula is C12H24O. The summed E-state index contributed by atoms with van der Waals surface area (Å²) >= 11 is 0. The van der Waals surface area contributed by atoms with Gasteiger partial charge in [0.25, 0.3) is 0 Å². The molecule has 78 valence electrons. The lowest BCUT2D eigenvalue weighted by atomic mass is 9.67. The zero-order valence-corrected chi connectivity index (χ0v) is 9.46. The van der Waals surface area contributed by atoms with Gasteiger partial charge in [0, 0.05) is 0 Å². The van der Waals surface area contributed by atoms with Crippen LogP contribution < -0.4 is 0 Å². The molecule has 0 amide bonds. The van der Waals surface area contributed by atoms with Crippen LogP contribution in [0.4, 0.5) is 0 Å². The highest BCUT2D eigenvalue weighted by Gasteiger charge is 2.34. The molecule has 5 unspecified atom stereocenters. The van der Waals surface area contributed by atoms with Crippen LogP contribution in [0.5, 0.6) is 0 Å². The summed E-state index contributed by atoms with van der Waals surface area (Å²) < 4.78 is 0. The average molecular weight is 184 g/mol. The fraction of sp³-hybridized carbons (Fsp3) is 1.00. The van der Waals surface area contributed by atoms with Crippen molar-refractivity contribution in [2.75, 3.05) is 0 Å². The number of aliphatic hydroxyl groups is 1. The molecule has 5 atom stereocenters. The molecular weight excluding hydrogens is 160 g/mol. The number of hydrogen-bond acceptors (Lipinski definition) is 1. The standard InChI is InChI=1S/C12H24O/c1-5-8(2)12-7-11(13)6-9(3)10(12)4/h8-13H,5-7H2,1-4H3. The summed E-state index contributed by atoms with van der Waals surface area (Å²) in [6.45, 7) is 9.21. The van der Waals surface area contributed by atoms with E-state index in [-0.39, 0.29) is 6.10 Å². The van der Waals surface area contributed by atoms with E-state index in [1.54, 1.807) is 0 Å². The average Bonchev–Trinajstić information content (AvgIpc) is 2.10. The van der Waals surface area contributed by atoms with Crippen LogP contribution in [-0.4, -0.2) is 11.2 Å². The van der Waals surface area contributed by atoms with Gasteiger partial charge >= 0.3 is 0 Å². The summed E-state index contributed by atoms with van der Waals surface area (Å²) in [5.41, 5.74) is 0. The molecule has 0 aromatic rings. The normalized spacial score (nSPS) is 43.2. The van der Waals surface area contributed by atoms with Gasteiger partial charge < -0.3 is 5.11 Å². The van der Waals surface area contributed by atoms with E-state index in [2.05, 4.69) is 27.7 Å². The molecule has 0 heterocycles. The maximum Gasteiger partial charge on any atom is 0.0545 e. The van der Waals surface area contributed by atoms with Gasteiger partial charge in [0.05, 0.1) is 6.10 Å². The van der Waals surface area contributed by atoms with Gasteiger partial charge in [-0.3, -0.25) is 0 Å². The van der Waals surface area contributed by atoms with Crippen LogP contribution in [0, 0.1) is 23.7 Å². The van der Waals surface area contributed by atoms with Crippen molar-refractivity contribution < 1.29 is 5.11 Å². The quantitative estimate of drug-likeness (QED) is 0.699. The first kappa shape index (κ1) is 11.0. The van der Waals surface area contributed by atoms with Crippen molar-refractivity contribution in [1.82, 2.24) is 0 Å². The lowest BCUT2D eigenvalue weighted by molar-refractivity contribution is 0.0183. The molecule has 1 aliphatic carbocycles. The Morgan fingerprint density at radius 2 is 1.92 bits per heavy atom. The minimum atomic E-state index is -0.0369. The third kappa shape index (κ3) is 2.46. The molecule has 0 bridgehead atoms. The molecule has 13 heavy (non-hydrogen) atoms. The Kier molecular flexibility index (Phi) is 3.78. The topological polar surface area (TPSA) is 20.2 Å². The summed E-state index contributed by atoms with van der Waals surface area (Å²) in [5, 5.41) is 9.71. The van der Waals surface area contributed by atoms with Crippen LogP contribution in [0.1, 0.15) is 47.0 Å². The van der Waals surface area contributed by atoms with Gasteiger partial charge in [-0.25, -0.2) is 0 Å². The first-order chi connectivity index (χ1) is 6.06. The Bertz CT molecular complexity index is 155. The van der Waals surface area contributed by atoms with Gasteiger partial charge in [0.2, 0.25) is 0 Å². The van der Waals surface area contributed by atoms with Crippen molar-refractivity contribution in [2.45, 2.75) is 53.1 Å². The molecule has 1 fully saturated rings. The number of aliphatic hydroxyl groups excluding tert-OH is 1. The minimum Gasteiger partial charge on any atom is -0.393 e. The summed E-state index contributed by atoms with van der Waals surface area (Å²) in [6, 6.07) is 0. The molecule has 0 aromatic carbocycles. The predicted molar refractivity (Wildman–Crippen MR) is 56.5 cm³/mol. The van der Waals surface area contributed by atoms with Crippen molar-refractivity contribution in [2.24, 2.45) is 23.7 Å². The van der Waals surface area contributed by atoms with Crippen molar-refractivity contribution >= 4 is 0 Å². The summed E-state index contributed by atoms with van der Waals surface area (Å²) in [6.07, 6.45) is 3.24. The van der Waals surface area contributed by atoms with Gasteiger partial charge in [0.15, 0.2) is 0 Å². The van der Waals surface area contributed by atoms with Gasteiger partial charge in [-0.1, -0.05) is 34.1 Å². The Hall–Kier alpha value is -0.0400. The van der Waals surface area contributed by atoms with E-state index in [1.165, 1.54) is 6.42 Å². The van der Waals surface area contributed by atoms with Gasteiger partial charge in [-0.15, -0.1) is 0 Å². The largest absolute Gasteiger partial charge is 0.393 e. The zero-order chi connectivity index (χ0) is 10.0. The highest BCUT2D eigenvalue weighted by molar-refractivity contribution is 4.84. The van der Waals surface area contributed by atoms with Crippen molar-refractivity contribution in [3.05, 3.63) is 0 Å². The molecule has 1 saturated carbocycles. The number of rotatable bonds is 2. The monoisotopic (exact) mass is 184 g/mol. The number of hydrogen-bond donors (Lipinski definition) is 1. The second-order valence-corrected chi connectivity index (χ2v) is 5.01. The summed E-state index contributed by atoms with van der Waals surface area (Å²) in [7, 11) is 0. The van der Waals surface area contributed by atoms with Gasteiger partial charge in [-0.2, -0.15) is 0 Å². The first-order valence-corrected chi connectivity index (χ1v) is 5.74. The smallest absolute Gasteiger partial charge is 0.0545 e. The van der Waals surface area contributed by atoms with Crippen LogP contribution in [0.25, 0.3) is 0 Å². The summed E-state index contributed by atoms with van der Waals surface area (Å²) in [5.74, 6) is 3.00. The first-order valence-electron chi connectivity index (χ1n) is 5.74. The Morgan fingerprint density at radius 3 is 2.46 bits per heavy atom. The molecule has 1 N–H and O–H groups in total. The molecule has 0 aliphatic heterocycles. The fourth-order valence-corrected chi connectivity index (χ4v) is 2.74. The lowest BCUT2D eigenvalue weighted by Gasteiger charge is -2.40. The van der Waals surface area contributed by atoms with Crippen LogP contribution in [-0.2, 0) is 0 Å². The predicted octanol–water partition coefficient (Wildman–Crippen LogP) is 3.08. The van der Waals surface area contributed by atoms with E-state index in [1.807, 2.05) is 0 Å². The Labute approximate surface area is 82.5 Å². The second kappa shape index (κ2) is 4.45. The SMILES string of the molecule is CCC(C)C1CC(O)CC(C)C1C. The Balaban J connectivity index is 2.60. The van der Waals surface area contributed by atoms with Crippen molar-refractivity contribution in [3.8, 4) is 0 Å². The van der Waals surface area contributed by atoms with Crippen LogP contribution in [0.15, 0.2) is 0 Å². The van der Waals surface area contributed by atoms with E-state index in [0.29, 0.717) is 5.92 Å². The van der Waals surface area contributed by atoms with E-state index in [9.17, 15) is 5.11 Å². The van der Waals surface area contributed by atoms with Gasteiger partial charge in [-0.05, 0) is 36.5 Å².